The standard InChI is InChI=1S/C35H36N2O13/c1-18(2)11-28(39)35(45)32(44)27(17-47-30(42)13-29(40)41)49-34(33(35)50-37-14-20-9-10-36-25(20)15-37)48-22-7-8-23-26(12-22)46-16-24(31(23)43)19-3-5-21(38)6-4-19/h3-10,12,15-16,18,27-28,32-34,38-39,44-45H,11,13-14,17H2,1-2H3,(H,40,41)/t27-,28-,32-,33+,34-,35+/m0/s1. The average molecular weight is 693 g/mol. The van der Waals surface area contributed by atoms with Crippen molar-refractivity contribution in [2.24, 2.45) is 10.9 Å². The van der Waals surface area contributed by atoms with E-state index in [0.717, 1.165) is 5.57 Å². The van der Waals surface area contributed by atoms with E-state index in [1.807, 2.05) is 0 Å². The fraction of sp³-hybridized carbons (Fsp3) is 0.371. The zero-order valence-electron chi connectivity index (χ0n) is 27.0. The number of hydroxylamine groups is 2. The number of carbonyl (C=O) groups is 2. The van der Waals surface area contributed by atoms with Crippen LogP contribution < -0.4 is 10.2 Å². The molecule has 1 saturated heterocycles. The van der Waals surface area contributed by atoms with E-state index in [-0.39, 0.29) is 52.3 Å². The molecule has 5 N–H and O–H groups in total. The van der Waals surface area contributed by atoms with E-state index < -0.39 is 61.3 Å². The van der Waals surface area contributed by atoms with Crippen molar-refractivity contribution in [3.05, 3.63) is 82.5 Å². The second kappa shape index (κ2) is 14.0. The average Bonchev–Trinajstić information content (AvgIpc) is 3.66. The number of hydrogen-bond donors (Lipinski definition) is 5. The third-order valence-electron chi connectivity index (χ3n) is 8.61. The third kappa shape index (κ3) is 6.99. The highest BCUT2D eigenvalue weighted by atomic mass is 16.8. The summed E-state index contributed by atoms with van der Waals surface area (Å²) in [5.74, 6) is -2.58. The first-order valence-corrected chi connectivity index (χ1v) is 15.8. The maximum atomic E-state index is 13.4. The van der Waals surface area contributed by atoms with Gasteiger partial charge in [0.05, 0.1) is 35.5 Å². The molecule has 0 amide bonds. The lowest BCUT2D eigenvalue weighted by molar-refractivity contribution is -0.372. The zero-order chi connectivity index (χ0) is 35.7. The summed E-state index contributed by atoms with van der Waals surface area (Å²) in [6.07, 6.45) is -2.94. The van der Waals surface area contributed by atoms with Gasteiger partial charge >= 0.3 is 11.9 Å². The van der Waals surface area contributed by atoms with Gasteiger partial charge in [0.2, 0.25) is 6.29 Å². The van der Waals surface area contributed by atoms with Crippen LogP contribution in [-0.4, -0.2) is 98.2 Å². The van der Waals surface area contributed by atoms with Crippen LogP contribution in [-0.2, 0) is 23.9 Å². The van der Waals surface area contributed by atoms with E-state index in [0.29, 0.717) is 11.3 Å². The lowest BCUT2D eigenvalue weighted by atomic mass is 9.77. The highest BCUT2D eigenvalue weighted by Gasteiger charge is 2.62. The largest absolute Gasteiger partial charge is 0.508 e. The second-order valence-electron chi connectivity index (χ2n) is 12.7. The zero-order valence-corrected chi connectivity index (χ0v) is 27.0. The van der Waals surface area contributed by atoms with Crippen LogP contribution in [0.25, 0.3) is 22.1 Å². The number of benzene rings is 2. The molecular formula is C35H36N2O13. The molecule has 0 saturated carbocycles. The number of esters is 1. The molecule has 0 spiro atoms. The van der Waals surface area contributed by atoms with Crippen LogP contribution in [0.3, 0.4) is 0 Å². The molecule has 1 aromatic heterocycles. The fourth-order valence-corrected chi connectivity index (χ4v) is 6.07. The summed E-state index contributed by atoms with van der Waals surface area (Å²) in [4.78, 5) is 47.0. The van der Waals surface area contributed by atoms with Crippen molar-refractivity contribution in [3.8, 4) is 22.6 Å². The smallest absolute Gasteiger partial charge is 0.317 e. The van der Waals surface area contributed by atoms with Gasteiger partial charge in [0.15, 0.2) is 17.1 Å². The minimum absolute atomic E-state index is 0.00664. The van der Waals surface area contributed by atoms with Gasteiger partial charge in [-0.3, -0.25) is 29.3 Å². The van der Waals surface area contributed by atoms with Gasteiger partial charge in [0.25, 0.3) is 0 Å². The topological polar surface area (TPSA) is 218 Å². The number of carboxylic acids is 1. The van der Waals surface area contributed by atoms with E-state index in [2.05, 4.69) is 4.99 Å². The number of phenols is 1. The van der Waals surface area contributed by atoms with E-state index in [1.54, 1.807) is 44.5 Å². The van der Waals surface area contributed by atoms with Crippen molar-refractivity contribution in [2.75, 3.05) is 13.2 Å². The Morgan fingerprint density at radius 1 is 1.16 bits per heavy atom. The van der Waals surface area contributed by atoms with Crippen molar-refractivity contribution in [2.45, 2.75) is 63.0 Å². The molecule has 0 unspecified atom stereocenters. The monoisotopic (exact) mass is 692 g/mol. The first-order chi connectivity index (χ1) is 23.8. The number of fused-ring (bicyclic) bond motifs is 2. The minimum Gasteiger partial charge on any atom is -0.508 e. The molecule has 264 valence electrons. The van der Waals surface area contributed by atoms with E-state index >= 15 is 0 Å². The number of aromatic hydroxyl groups is 1. The summed E-state index contributed by atoms with van der Waals surface area (Å²) in [6, 6.07) is 10.4. The molecule has 6 rings (SSSR count). The second-order valence-corrected chi connectivity index (χ2v) is 12.7. The van der Waals surface area contributed by atoms with Crippen LogP contribution in [0, 0.1) is 5.92 Å². The minimum atomic E-state index is -2.49. The quantitative estimate of drug-likeness (QED) is 0.136. The summed E-state index contributed by atoms with van der Waals surface area (Å²) in [5, 5.41) is 55.5. The van der Waals surface area contributed by atoms with E-state index in [9.17, 15) is 34.8 Å². The number of aliphatic hydroxyl groups is 3. The fourth-order valence-electron chi connectivity index (χ4n) is 6.07. The molecule has 4 heterocycles. The third-order valence-corrected chi connectivity index (χ3v) is 8.61. The first-order valence-electron chi connectivity index (χ1n) is 15.8. The SMILES string of the molecule is CC(C)C[C@H](O)[C@]1(O)[C@H](ON2C=C3N=CC=C3C2)[C@@H](Oc2ccc3c(=O)c(-c4ccc(O)cc4)coc3c2)O[C@@H](COC(=O)CC(=O)O)[C@@H]1O. The van der Waals surface area contributed by atoms with Crippen LogP contribution in [0.5, 0.6) is 11.5 Å². The van der Waals surface area contributed by atoms with E-state index in [1.165, 1.54) is 41.7 Å². The van der Waals surface area contributed by atoms with Gasteiger partial charge in [-0.1, -0.05) is 26.0 Å². The Balaban J connectivity index is 1.35. The number of phenolic OH excluding ortho intramolecular Hbond substituents is 1. The number of aliphatic hydroxyl groups excluding tert-OH is 2. The Kier molecular flexibility index (Phi) is 9.78. The molecule has 15 heteroatoms. The first kappa shape index (κ1) is 34.8. The maximum absolute atomic E-state index is 13.4. The molecule has 2 aromatic carbocycles. The number of hydrogen-bond acceptors (Lipinski definition) is 14. The number of carbonyl (C=O) groups excluding carboxylic acids is 1. The number of aliphatic carboxylic acids is 1. The lowest BCUT2D eigenvalue weighted by Crippen LogP contribution is -2.73. The number of rotatable bonds is 12. The predicted octanol–water partition coefficient (Wildman–Crippen LogP) is 2.25. The maximum Gasteiger partial charge on any atom is 0.317 e. The molecule has 50 heavy (non-hydrogen) atoms. The number of nitrogens with zero attached hydrogens (tertiary/aromatic N) is 2. The van der Waals surface area contributed by atoms with Crippen LogP contribution in [0.4, 0.5) is 0 Å². The van der Waals surface area contributed by atoms with Crippen LogP contribution >= 0.6 is 0 Å². The van der Waals surface area contributed by atoms with E-state index in [4.69, 9.17) is 28.6 Å². The van der Waals surface area contributed by atoms with Crippen molar-refractivity contribution in [1.29, 1.82) is 0 Å². The molecule has 3 aromatic rings. The Labute approximate surface area is 284 Å². The summed E-state index contributed by atoms with van der Waals surface area (Å²) in [6.45, 7) is 3.13. The van der Waals surface area contributed by atoms with Gasteiger partial charge in [0, 0.05) is 17.9 Å². The highest BCUT2D eigenvalue weighted by molar-refractivity contribution is 5.90. The normalized spacial score (nSPS) is 25.0. The Morgan fingerprint density at radius 3 is 2.62 bits per heavy atom. The van der Waals surface area contributed by atoms with Crippen molar-refractivity contribution in [3.63, 3.8) is 0 Å². The van der Waals surface area contributed by atoms with Crippen molar-refractivity contribution >= 4 is 29.1 Å². The van der Waals surface area contributed by atoms with Crippen LogP contribution in [0.1, 0.15) is 26.7 Å². The summed E-state index contributed by atoms with van der Waals surface area (Å²) in [5.41, 5.74) is -0.466. The molecule has 0 bridgehead atoms. The summed E-state index contributed by atoms with van der Waals surface area (Å²) < 4.78 is 23.1. The van der Waals surface area contributed by atoms with Crippen molar-refractivity contribution in [1.82, 2.24) is 5.06 Å². The van der Waals surface area contributed by atoms with Crippen LogP contribution in [0.2, 0.25) is 0 Å². The Hall–Kier alpha value is -5.06. The number of allylic oxidation sites excluding steroid dienone is 1. The molecular weight excluding hydrogens is 656 g/mol. The van der Waals surface area contributed by atoms with Gasteiger partial charge in [-0.2, -0.15) is 0 Å². The van der Waals surface area contributed by atoms with Gasteiger partial charge in [-0.15, -0.1) is 0 Å². The van der Waals surface area contributed by atoms with Crippen LogP contribution in [0.15, 0.2) is 86.5 Å². The molecule has 3 aliphatic heterocycles. The Bertz CT molecular complexity index is 1920. The lowest BCUT2D eigenvalue weighted by Gasteiger charge is -2.51. The number of ether oxygens (including phenoxy) is 3. The van der Waals surface area contributed by atoms with Crippen molar-refractivity contribution < 1.29 is 58.6 Å². The summed E-state index contributed by atoms with van der Waals surface area (Å²) in [7, 11) is 0. The highest BCUT2D eigenvalue weighted by Crippen LogP contribution is 2.40. The molecule has 1 fully saturated rings. The molecule has 0 radical (unpaired) electrons. The number of aliphatic imine (C=N–C) groups is 1. The molecule has 6 atom stereocenters. The van der Waals surface area contributed by atoms with Gasteiger partial charge in [0.1, 0.15) is 48.6 Å². The van der Waals surface area contributed by atoms with Gasteiger partial charge < -0.3 is 44.2 Å². The van der Waals surface area contributed by atoms with Gasteiger partial charge in [-0.05, 0) is 48.2 Å². The molecule has 15 nitrogen and oxygen atoms in total. The Morgan fingerprint density at radius 2 is 1.92 bits per heavy atom. The number of carboxylic acid groups (broad SMARTS) is 1. The van der Waals surface area contributed by atoms with Gasteiger partial charge in [-0.25, -0.2) is 0 Å². The molecule has 3 aliphatic rings. The summed E-state index contributed by atoms with van der Waals surface area (Å²) >= 11 is 0. The molecule has 0 aliphatic carbocycles. The predicted molar refractivity (Wildman–Crippen MR) is 175 cm³/mol.